The van der Waals surface area contributed by atoms with E-state index in [1.807, 2.05) is 13.8 Å². The van der Waals surface area contributed by atoms with Gasteiger partial charge in [0.1, 0.15) is 36.3 Å². The van der Waals surface area contributed by atoms with Gasteiger partial charge in [-0.25, -0.2) is 9.78 Å². The van der Waals surface area contributed by atoms with Crippen LogP contribution in [0.15, 0.2) is 17.5 Å². The maximum absolute atomic E-state index is 13.8. The summed E-state index contributed by atoms with van der Waals surface area (Å²) >= 11 is 0. The first-order valence-electron chi connectivity index (χ1n) is 17.3. The van der Waals surface area contributed by atoms with Crippen molar-refractivity contribution in [3.8, 4) is 0 Å². The first-order chi connectivity index (χ1) is 24.5. The van der Waals surface area contributed by atoms with Crippen LogP contribution in [0.5, 0.6) is 0 Å². The lowest BCUT2D eigenvalue weighted by atomic mass is 10.0. The zero-order valence-corrected chi connectivity index (χ0v) is 30.4. The average molecular weight is 739 g/mol. The minimum Gasteiger partial charge on any atom is -0.480 e. The lowest BCUT2D eigenvalue weighted by Gasteiger charge is -2.28. The summed E-state index contributed by atoms with van der Waals surface area (Å²) in [7, 11) is 0. The molecule has 1 heterocycles. The number of hydrogen-bond acceptors (Lipinski definition) is 11. The lowest BCUT2D eigenvalue weighted by molar-refractivity contribution is -0.143. The molecule has 6 atom stereocenters. The Kier molecular flexibility index (Phi) is 20.5. The topological polar surface area (TPSA) is 348 Å². The van der Waals surface area contributed by atoms with E-state index >= 15 is 0 Å². The molecule has 20 nitrogen and oxygen atoms in total. The fraction of sp³-hybridized carbons (Fsp3) is 0.688. The zero-order valence-electron chi connectivity index (χ0n) is 30.4. The first-order valence-corrected chi connectivity index (χ1v) is 17.3. The molecule has 1 aromatic rings. The van der Waals surface area contributed by atoms with E-state index < -0.39 is 84.3 Å². The van der Waals surface area contributed by atoms with E-state index in [-0.39, 0.29) is 50.5 Å². The van der Waals surface area contributed by atoms with E-state index in [0.717, 1.165) is 0 Å². The van der Waals surface area contributed by atoms with Crippen LogP contribution in [0.2, 0.25) is 0 Å². The van der Waals surface area contributed by atoms with Crippen LogP contribution in [0.3, 0.4) is 0 Å². The molecule has 0 aliphatic rings. The molecule has 1 rings (SSSR count). The largest absolute Gasteiger partial charge is 0.480 e. The zero-order chi connectivity index (χ0) is 39.4. The molecule has 1 aromatic heterocycles. The number of nitrogens with two attached hydrogens (primary N) is 4. The van der Waals surface area contributed by atoms with E-state index in [4.69, 9.17) is 22.9 Å². The van der Waals surface area contributed by atoms with E-state index in [2.05, 4.69) is 41.5 Å². The Hall–Kier alpha value is -4.82. The fourth-order valence-corrected chi connectivity index (χ4v) is 5.01. The van der Waals surface area contributed by atoms with Crippen LogP contribution in [-0.4, -0.2) is 118 Å². The molecule has 20 heteroatoms. The smallest absolute Gasteiger partial charge is 0.326 e. The quantitative estimate of drug-likeness (QED) is 0.0266. The Morgan fingerprint density at radius 2 is 1.35 bits per heavy atom. The number of H-pyrrole nitrogens is 1. The second-order valence-corrected chi connectivity index (χ2v) is 13.2. The molecule has 0 aliphatic carbocycles. The highest BCUT2D eigenvalue weighted by Crippen LogP contribution is 2.11. The van der Waals surface area contributed by atoms with E-state index in [1.165, 1.54) is 12.5 Å². The predicted molar refractivity (Wildman–Crippen MR) is 192 cm³/mol. The van der Waals surface area contributed by atoms with Crippen LogP contribution in [0.4, 0.5) is 0 Å². The monoisotopic (exact) mass is 738 g/mol. The van der Waals surface area contributed by atoms with E-state index in [1.54, 1.807) is 13.8 Å². The number of carbonyl (C=O) groups excluding carboxylic acids is 5. The van der Waals surface area contributed by atoms with Crippen molar-refractivity contribution in [2.75, 3.05) is 19.7 Å². The average Bonchev–Trinajstić information content (AvgIpc) is 3.59. The van der Waals surface area contributed by atoms with Gasteiger partial charge in [0, 0.05) is 24.9 Å². The summed E-state index contributed by atoms with van der Waals surface area (Å²) in [4.78, 5) is 89.4. The fourth-order valence-electron chi connectivity index (χ4n) is 5.01. The molecule has 0 fully saturated rings. The number of aliphatic carboxylic acids is 1. The number of aliphatic hydroxyl groups excluding tert-OH is 1. The van der Waals surface area contributed by atoms with Gasteiger partial charge in [0.15, 0.2) is 5.96 Å². The van der Waals surface area contributed by atoms with Crippen molar-refractivity contribution in [3.63, 3.8) is 0 Å². The van der Waals surface area contributed by atoms with E-state index in [9.17, 15) is 39.0 Å². The number of aliphatic imine (C=N–C) groups is 1. The maximum atomic E-state index is 13.8. The van der Waals surface area contributed by atoms with Gasteiger partial charge in [-0.3, -0.25) is 29.0 Å². The third kappa shape index (κ3) is 16.9. The number of rotatable bonds is 25. The Bertz CT molecular complexity index is 1320. The highest BCUT2D eigenvalue weighted by Gasteiger charge is 2.33. The number of hydrogen-bond donors (Lipinski definition) is 12. The lowest BCUT2D eigenvalue weighted by Crippen LogP contribution is -2.60. The highest BCUT2D eigenvalue weighted by atomic mass is 16.4. The molecule has 0 saturated carbocycles. The molecule has 294 valence electrons. The van der Waals surface area contributed by atoms with Crippen molar-refractivity contribution in [1.29, 1.82) is 0 Å². The van der Waals surface area contributed by atoms with Gasteiger partial charge in [-0.2, -0.15) is 0 Å². The second kappa shape index (κ2) is 23.6. The number of carboxylic acids is 1. The van der Waals surface area contributed by atoms with Gasteiger partial charge in [0.2, 0.25) is 29.5 Å². The third-order valence-electron chi connectivity index (χ3n) is 7.87. The molecule has 0 saturated heterocycles. The number of aromatic amines is 1. The van der Waals surface area contributed by atoms with Gasteiger partial charge in [0.25, 0.3) is 0 Å². The first kappa shape index (κ1) is 45.2. The minimum atomic E-state index is -1.30. The number of nitrogens with one attached hydrogen (secondary N) is 6. The van der Waals surface area contributed by atoms with Gasteiger partial charge in [-0.05, 0) is 56.9 Å². The summed E-state index contributed by atoms with van der Waals surface area (Å²) in [5.74, 6) is -5.68. The van der Waals surface area contributed by atoms with Crippen LogP contribution in [0, 0.1) is 11.8 Å². The predicted octanol–water partition coefficient (Wildman–Crippen LogP) is -3.33. The standard InChI is InChI=1S/C32H58N12O8/c1-17(2)12-23(43-30(50)24(13-19-14-37-16-39-19)42-26(46)20(34)15-45)29(49)41-22(9-7-11-38-32(35)36)27(47)40-21(8-5-6-10-33)28(48)44-25(18(3)4)31(51)52/h14,16-18,20-25,45H,5-13,15,33-34H2,1-4H3,(H,37,39)(H,40,47)(H,41,49)(H,42,46)(H,43,50)(H,44,48)(H,51,52)(H4,35,36,38)/t20-,21-,22-,23-,24-,25-/m0/s1. The van der Waals surface area contributed by atoms with Crippen LogP contribution in [-0.2, 0) is 35.2 Å². The van der Waals surface area contributed by atoms with Gasteiger partial charge < -0.3 is 64.7 Å². The molecule has 0 spiro atoms. The summed E-state index contributed by atoms with van der Waals surface area (Å²) in [6, 6.07) is -7.30. The highest BCUT2D eigenvalue weighted by molar-refractivity contribution is 5.96. The summed E-state index contributed by atoms with van der Waals surface area (Å²) in [5.41, 5.74) is 22.6. The van der Waals surface area contributed by atoms with Crippen molar-refractivity contribution >= 4 is 41.5 Å². The number of carbonyl (C=O) groups is 6. The molecule has 0 aliphatic heterocycles. The van der Waals surface area contributed by atoms with Crippen molar-refractivity contribution < 1.29 is 39.0 Å². The van der Waals surface area contributed by atoms with Gasteiger partial charge in [-0.15, -0.1) is 0 Å². The molecule has 0 unspecified atom stereocenters. The number of carboxylic acid groups (broad SMARTS) is 1. The molecule has 0 radical (unpaired) electrons. The number of unbranched alkanes of at least 4 members (excludes halogenated alkanes) is 1. The number of aliphatic hydroxyl groups is 1. The van der Waals surface area contributed by atoms with Crippen molar-refractivity contribution in [2.45, 2.75) is 109 Å². The normalized spacial score (nSPS) is 14.6. The molecule has 0 bridgehead atoms. The molecular weight excluding hydrogens is 680 g/mol. The van der Waals surface area contributed by atoms with Crippen molar-refractivity contribution in [3.05, 3.63) is 18.2 Å². The van der Waals surface area contributed by atoms with Gasteiger partial charge in [0.05, 0.1) is 12.9 Å². The van der Waals surface area contributed by atoms with Crippen molar-refractivity contribution in [1.82, 2.24) is 36.6 Å². The Labute approximate surface area is 303 Å². The molecular formula is C32H58N12O8. The summed E-state index contributed by atoms with van der Waals surface area (Å²) < 4.78 is 0. The van der Waals surface area contributed by atoms with Crippen LogP contribution in [0.1, 0.15) is 71.9 Å². The van der Waals surface area contributed by atoms with Gasteiger partial charge in [-0.1, -0.05) is 27.7 Å². The molecule has 52 heavy (non-hydrogen) atoms. The summed E-state index contributed by atoms with van der Waals surface area (Å²) in [5, 5.41) is 31.9. The van der Waals surface area contributed by atoms with Gasteiger partial charge >= 0.3 is 5.97 Å². The Morgan fingerprint density at radius 3 is 1.85 bits per heavy atom. The SMILES string of the molecule is CC(C)C[C@H](NC(=O)[C@H](Cc1cnc[nH]1)NC(=O)[C@@H](N)CO)C(=O)N[C@@H](CCCN=C(N)N)C(=O)N[C@@H](CCCCN)C(=O)N[C@H](C(=O)O)C(C)C. The second-order valence-electron chi connectivity index (χ2n) is 13.2. The maximum Gasteiger partial charge on any atom is 0.326 e. The number of guanidine groups is 1. The third-order valence-corrected chi connectivity index (χ3v) is 7.87. The van der Waals surface area contributed by atoms with E-state index in [0.29, 0.717) is 25.1 Å². The van der Waals surface area contributed by atoms with Crippen LogP contribution >= 0.6 is 0 Å². The number of nitrogens with zero attached hydrogens (tertiary/aromatic N) is 2. The molecule has 5 amide bonds. The Balaban J connectivity index is 3.35. The molecule has 16 N–H and O–H groups in total. The van der Waals surface area contributed by atoms with Crippen molar-refractivity contribution in [2.24, 2.45) is 39.8 Å². The number of aromatic nitrogens is 2. The Morgan fingerprint density at radius 1 is 0.808 bits per heavy atom. The number of imidazole rings is 1. The van der Waals surface area contributed by atoms with Crippen LogP contribution in [0.25, 0.3) is 0 Å². The minimum absolute atomic E-state index is 0.0230. The number of amides is 5. The molecule has 0 aromatic carbocycles. The summed E-state index contributed by atoms with van der Waals surface area (Å²) in [6.45, 7) is 6.69. The van der Waals surface area contributed by atoms with Crippen LogP contribution < -0.4 is 49.5 Å². The summed E-state index contributed by atoms with van der Waals surface area (Å²) in [6.07, 6.45) is 4.31.